The van der Waals surface area contributed by atoms with Crippen LogP contribution in [-0.4, -0.2) is 90.5 Å². The summed E-state index contributed by atoms with van der Waals surface area (Å²) < 4.78 is 27.0. The van der Waals surface area contributed by atoms with Crippen molar-refractivity contribution in [2.45, 2.75) is 78.0 Å². The van der Waals surface area contributed by atoms with Crippen molar-refractivity contribution >= 4 is 41.5 Å². The molecule has 2 aromatic carbocycles. The zero-order valence-corrected chi connectivity index (χ0v) is 31.0. The van der Waals surface area contributed by atoms with Crippen LogP contribution in [0.3, 0.4) is 0 Å². The molecule has 288 valence electrons. The fourth-order valence-corrected chi connectivity index (χ4v) is 6.30. The maximum atomic E-state index is 14.3. The summed E-state index contributed by atoms with van der Waals surface area (Å²) in [6.45, 7) is 8.49. The summed E-state index contributed by atoms with van der Waals surface area (Å²) in [7, 11) is 0. The first-order valence-electron chi connectivity index (χ1n) is 17.7. The van der Waals surface area contributed by atoms with E-state index in [0.717, 1.165) is 0 Å². The average Bonchev–Trinajstić information content (AvgIpc) is 3.14. The fourth-order valence-electron chi connectivity index (χ4n) is 6.30. The second kappa shape index (κ2) is 18.9. The molecule has 0 radical (unpaired) electrons. The average molecular weight is 747 g/mol. The summed E-state index contributed by atoms with van der Waals surface area (Å²) in [5.41, 5.74) is -1.18. The van der Waals surface area contributed by atoms with Crippen LogP contribution in [-0.2, 0) is 33.3 Å². The quantitative estimate of drug-likeness (QED) is 0.0800. The smallest absolute Gasteiger partial charge is 0.412 e. The standard InChI is InChI=1S/C39H46N4O11/c1-6-33(45)39(43-20-18-26(19-21-43)51-23-34(46)52-24(3)4)22-27(54-37(48)30-14-10-11-15-31(30)53-25(5)44)16-17-32(39)41-36(47)29-13-9-8-12-28(29)35(40)42-38(49)50-7-2/h8-17,24,26H,6-7,18-23H2,1-5H3,(H,41,47)(H2,40,42,49). The van der Waals surface area contributed by atoms with Crippen molar-refractivity contribution in [3.63, 3.8) is 0 Å². The second-order valence-corrected chi connectivity index (χ2v) is 12.8. The number of rotatable bonds is 14. The first-order chi connectivity index (χ1) is 25.8. The third-order valence-corrected chi connectivity index (χ3v) is 8.66. The first kappa shape index (κ1) is 41.1. The van der Waals surface area contributed by atoms with Crippen molar-refractivity contribution in [3.8, 4) is 5.75 Å². The number of likely N-dealkylation sites (tertiary alicyclic amines) is 1. The summed E-state index contributed by atoms with van der Waals surface area (Å²) in [6.07, 6.45) is 2.30. The molecule has 1 aliphatic carbocycles. The third kappa shape index (κ3) is 10.3. The van der Waals surface area contributed by atoms with E-state index >= 15 is 0 Å². The van der Waals surface area contributed by atoms with E-state index in [9.17, 15) is 28.8 Å². The Morgan fingerprint density at radius 3 is 2.19 bits per heavy atom. The number of alkyl carbamates (subject to hydrolysis) is 1. The van der Waals surface area contributed by atoms with Gasteiger partial charge in [0.05, 0.1) is 24.4 Å². The number of nitrogens with one attached hydrogen (secondary N) is 3. The Balaban J connectivity index is 1.68. The number of para-hydroxylation sites is 1. The van der Waals surface area contributed by atoms with Crippen LogP contribution < -0.4 is 15.4 Å². The minimum atomic E-state index is -1.53. The van der Waals surface area contributed by atoms with Crippen molar-refractivity contribution in [2.75, 3.05) is 26.3 Å². The number of hydrogen-bond acceptors (Lipinski definition) is 13. The number of amides is 2. The number of benzene rings is 2. The molecule has 2 aromatic rings. The topological polar surface area (TPSA) is 200 Å². The van der Waals surface area contributed by atoms with Gasteiger partial charge in [-0.25, -0.2) is 14.4 Å². The second-order valence-electron chi connectivity index (χ2n) is 12.8. The highest BCUT2D eigenvalue weighted by molar-refractivity contribution is 6.12. The third-order valence-electron chi connectivity index (χ3n) is 8.66. The molecule has 3 N–H and O–H groups in total. The maximum Gasteiger partial charge on any atom is 0.412 e. The largest absolute Gasteiger partial charge is 0.461 e. The van der Waals surface area contributed by atoms with Crippen LogP contribution in [0.15, 0.2) is 72.1 Å². The summed E-state index contributed by atoms with van der Waals surface area (Å²) >= 11 is 0. The molecule has 2 aliphatic rings. The van der Waals surface area contributed by atoms with Crippen LogP contribution in [0.1, 0.15) is 86.6 Å². The van der Waals surface area contributed by atoms with E-state index in [2.05, 4.69) is 10.6 Å². The van der Waals surface area contributed by atoms with Crippen LogP contribution >= 0.6 is 0 Å². The lowest BCUT2D eigenvalue weighted by Gasteiger charge is -2.48. The van der Waals surface area contributed by atoms with Gasteiger partial charge in [0.2, 0.25) is 0 Å². The molecule has 1 saturated heterocycles. The Morgan fingerprint density at radius 2 is 1.56 bits per heavy atom. The predicted molar refractivity (Wildman–Crippen MR) is 195 cm³/mol. The molecule has 15 nitrogen and oxygen atoms in total. The van der Waals surface area contributed by atoms with Gasteiger partial charge in [-0.15, -0.1) is 0 Å². The summed E-state index contributed by atoms with van der Waals surface area (Å²) in [5.74, 6) is -3.11. The minimum absolute atomic E-state index is 0.00598. The molecule has 2 amide bonds. The number of ether oxygens (including phenoxy) is 5. The van der Waals surface area contributed by atoms with Gasteiger partial charge in [-0.3, -0.25) is 30.0 Å². The van der Waals surface area contributed by atoms with Crippen molar-refractivity contribution < 1.29 is 52.5 Å². The Hall–Kier alpha value is -5.67. The molecular formula is C39H46N4O11. The van der Waals surface area contributed by atoms with Gasteiger partial charge in [0.15, 0.2) is 5.78 Å². The fraction of sp³-hybridized carbons (Fsp3) is 0.410. The Morgan fingerprint density at radius 1 is 0.907 bits per heavy atom. The van der Waals surface area contributed by atoms with Crippen LogP contribution in [0.4, 0.5) is 4.79 Å². The van der Waals surface area contributed by atoms with Crippen LogP contribution in [0.25, 0.3) is 0 Å². The highest BCUT2D eigenvalue weighted by Crippen LogP contribution is 2.39. The van der Waals surface area contributed by atoms with Crippen LogP contribution in [0, 0.1) is 5.41 Å². The maximum absolute atomic E-state index is 14.3. The number of allylic oxidation sites excluding steroid dienone is 2. The Labute approximate surface area is 313 Å². The van der Waals surface area contributed by atoms with Gasteiger partial charge in [0, 0.05) is 44.1 Å². The highest BCUT2D eigenvalue weighted by Gasteiger charge is 2.50. The summed E-state index contributed by atoms with van der Waals surface area (Å²) in [6, 6.07) is 12.3. The van der Waals surface area contributed by atoms with Gasteiger partial charge in [0.1, 0.15) is 35.1 Å². The zero-order valence-electron chi connectivity index (χ0n) is 31.0. The van der Waals surface area contributed by atoms with Crippen molar-refractivity contribution in [2.24, 2.45) is 0 Å². The summed E-state index contributed by atoms with van der Waals surface area (Å²) in [4.78, 5) is 79.7. The molecule has 1 heterocycles. The van der Waals surface area contributed by atoms with Crippen LogP contribution in [0.5, 0.6) is 5.75 Å². The zero-order chi connectivity index (χ0) is 39.4. The van der Waals surface area contributed by atoms with E-state index in [4.69, 9.17) is 29.1 Å². The molecule has 0 bridgehead atoms. The normalized spacial score (nSPS) is 17.4. The molecule has 1 unspecified atom stereocenters. The lowest BCUT2D eigenvalue weighted by atomic mass is 9.78. The first-order valence-corrected chi connectivity index (χ1v) is 17.7. The van der Waals surface area contributed by atoms with E-state index in [0.29, 0.717) is 25.9 Å². The Kier molecular flexibility index (Phi) is 14.4. The number of ketones is 1. The number of carbonyl (C=O) groups excluding carboxylic acids is 6. The Bertz CT molecular complexity index is 1830. The lowest BCUT2D eigenvalue weighted by Crippen LogP contribution is -2.62. The molecule has 0 saturated carbocycles. The van der Waals surface area contributed by atoms with Crippen molar-refractivity contribution in [1.29, 1.82) is 5.41 Å². The lowest BCUT2D eigenvalue weighted by molar-refractivity contribution is -0.156. The number of Topliss-reactive ketones (excluding diaryl/α,β-unsaturated/α-hetero) is 1. The predicted octanol–water partition coefficient (Wildman–Crippen LogP) is 4.59. The van der Waals surface area contributed by atoms with Crippen LogP contribution in [0.2, 0.25) is 0 Å². The molecule has 0 spiro atoms. The van der Waals surface area contributed by atoms with Gasteiger partial charge in [-0.05, 0) is 64.0 Å². The molecule has 15 heteroatoms. The van der Waals surface area contributed by atoms with Gasteiger partial charge in [-0.2, -0.15) is 0 Å². The number of esters is 3. The number of amidine groups is 1. The van der Waals surface area contributed by atoms with E-state index in [1.807, 2.05) is 4.90 Å². The molecule has 1 aliphatic heterocycles. The van der Waals surface area contributed by atoms with E-state index in [1.165, 1.54) is 43.3 Å². The molecule has 0 aromatic heterocycles. The molecule has 1 atom stereocenters. The van der Waals surface area contributed by atoms with Gasteiger partial charge < -0.3 is 29.0 Å². The number of nitrogens with zero attached hydrogens (tertiary/aromatic N) is 1. The molecule has 4 rings (SSSR count). The number of piperidine rings is 1. The van der Waals surface area contributed by atoms with Gasteiger partial charge in [0.25, 0.3) is 5.91 Å². The van der Waals surface area contributed by atoms with Crippen molar-refractivity contribution in [1.82, 2.24) is 15.5 Å². The number of hydrogen-bond donors (Lipinski definition) is 3. The molecule has 54 heavy (non-hydrogen) atoms. The van der Waals surface area contributed by atoms with Gasteiger partial charge >= 0.3 is 24.0 Å². The van der Waals surface area contributed by atoms with Gasteiger partial charge in [-0.1, -0.05) is 37.3 Å². The van der Waals surface area contributed by atoms with E-state index in [-0.39, 0.29) is 83.8 Å². The molecule has 1 fully saturated rings. The monoisotopic (exact) mass is 746 g/mol. The van der Waals surface area contributed by atoms with Crippen molar-refractivity contribution in [3.05, 3.63) is 88.8 Å². The SMILES string of the molecule is CCOC(=O)NC(=N)c1ccccc1C(=O)NC1=CC=C(OC(=O)c2ccccc2OC(C)=O)CC1(C(=O)CC)N1CCC(OCC(=O)OC(C)C)CC1. The highest BCUT2D eigenvalue weighted by atomic mass is 16.6. The molecular weight excluding hydrogens is 700 g/mol. The minimum Gasteiger partial charge on any atom is -0.461 e. The summed E-state index contributed by atoms with van der Waals surface area (Å²) in [5, 5.41) is 13.7. The van der Waals surface area contributed by atoms with E-state index < -0.39 is 35.4 Å². The van der Waals surface area contributed by atoms with E-state index in [1.54, 1.807) is 52.0 Å². The number of carbonyl (C=O) groups is 6.